The standard InChI is InChI=1S/C17H17N3O5/c1-3-8-20-15(22)13(14(21)19-17(20)25)12(4-2)18-11-7-5-6-10(9-11)16(23)24/h3-7,9,13,18H,1,8H2,2H3,(H,23,24)(H,19,21,25)/p-1/b12-4+/t13-/m0/s1. The summed E-state index contributed by atoms with van der Waals surface area (Å²) in [6, 6.07) is 4.95. The molecule has 0 saturated carbocycles. The molecule has 0 unspecified atom stereocenters. The van der Waals surface area contributed by atoms with E-state index in [1.165, 1.54) is 30.4 Å². The van der Waals surface area contributed by atoms with Crippen LogP contribution in [0.4, 0.5) is 10.5 Å². The first-order chi connectivity index (χ1) is 11.9. The Bertz CT molecular complexity index is 784. The molecule has 1 saturated heterocycles. The number of amides is 4. The second-order valence-electron chi connectivity index (χ2n) is 5.20. The third kappa shape index (κ3) is 3.74. The number of carbonyl (C=O) groups is 4. The number of aromatic carboxylic acids is 1. The number of carboxylic acids is 1. The number of carbonyl (C=O) groups excluding carboxylic acids is 4. The second-order valence-corrected chi connectivity index (χ2v) is 5.20. The van der Waals surface area contributed by atoms with Crippen LogP contribution in [0.2, 0.25) is 0 Å². The molecular weight excluding hydrogens is 326 g/mol. The monoisotopic (exact) mass is 342 g/mol. The van der Waals surface area contributed by atoms with Crippen LogP contribution in [-0.2, 0) is 9.59 Å². The predicted octanol–water partition coefficient (Wildman–Crippen LogP) is 0.246. The molecule has 0 radical (unpaired) electrons. The van der Waals surface area contributed by atoms with Crippen molar-refractivity contribution in [2.75, 3.05) is 11.9 Å². The highest BCUT2D eigenvalue weighted by Crippen LogP contribution is 2.22. The Hall–Kier alpha value is -3.42. The summed E-state index contributed by atoms with van der Waals surface area (Å²) in [4.78, 5) is 48.2. The van der Waals surface area contributed by atoms with Gasteiger partial charge in [0.1, 0.15) is 0 Å². The van der Waals surface area contributed by atoms with Gasteiger partial charge in [0.2, 0.25) is 11.8 Å². The van der Waals surface area contributed by atoms with Crippen LogP contribution in [0.25, 0.3) is 0 Å². The zero-order valence-electron chi connectivity index (χ0n) is 13.4. The van der Waals surface area contributed by atoms with Gasteiger partial charge in [-0.1, -0.05) is 24.3 Å². The van der Waals surface area contributed by atoms with Gasteiger partial charge in [0.15, 0.2) is 5.92 Å². The van der Waals surface area contributed by atoms with Gasteiger partial charge in [-0.25, -0.2) is 4.79 Å². The Morgan fingerprint density at radius 1 is 1.40 bits per heavy atom. The number of imide groups is 2. The topological polar surface area (TPSA) is 119 Å². The number of barbiturate groups is 1. The molecule has 8 heteroatoms. The van der Waals surface area contributed by atoms with Gasteiger partial charge in [0, 0.05) is 17.9 Å². The molecule has 0 spiro atoms. The van der Waals surface area contributed by atoms with E-state index in [2.05, 4.69) is 17.2 Å². The van der Waals surface area contributed by atoms with Crippen molar-refractivity contribution in [2.24, 2.45) is 5.92 Å². The molecule has 1 fully saturated rings. The lowest BCUT2D eigenvalue weighted by molar-refractivity contribution is -0.255. The fourth-order valence-corrected chi connectivity index (χ4v) is 2.39. The van der Waals surface area contributed by atoms with E-state index in [0.29, 0.717) is 5.69 Å². The largest absolute Gasteiger partial charge is 0.545 e. The zero-order valence-corrected chi connectivity index (χ0v) is 13.4. The molecule has 0 aliphatic carbocycles. The van der Waals surface area contributed by atoms with Crippen LogP contribution >= 0.6 is 0 Å². The van der Waals surface area contributed by atoms with Crippen molar-refractivity contribution < 1.29 is 24.3 Å². The summed E-state index contributed by atoms with van der Waals surface area (Å²) in [6.07, 6.45) is 2.88. The third-order valence-corrected chi connectivity index (χ3v) is 3.57. The van der Waals surface area contributed by atoms with Crippen LogP contribution in [-0.4, -0.2) is 35.3 Å². The molecular formula is C17H16N3O5-. The highest BCUT2D eigenvalue weighted by atomic mass is 16.4. The summed E-state index contributed by atoms with van der Waals surface area (Å²) in [5.74, 6) is -4.05. The fourth-order valence-electron chi connectivity index (χ4n) is 2.39. The molecule has 0 aromatic heterocycles. The molecule has 2 N–H and O–H groups in total. The Balaban J connectivity index is 2.30. The number of carboxylic acid groups (broad SMARTS) is 1. The SMILES string of the molecule is C=CCN1C(=O)NC(=O)[C@H](/C(=C\C)Nc2cccc(C(=O)[O-])c2)C1=O. The lowest BCUT2D eigenvalue weighted by Gasteiger charge is -2.31. The Morgan fingerprint density at radius 2 is 2.12 bits per heavy atom. The van der Waals surface area contributed by atoms with Crippen LogP contribution in [0.5, 0.6) is 0 Å². The van der Waals surface area contributed by atoms with E-state index >= 15 is 0 Å². The van der Waals surface area contributed by atoms with Crippen LogP contribution < -0.4 is 15.7 Å². The molecule has 1 heterocycles. The van der Waals surface area contributed by atoms with Crippen molar-refractivity contribution >= 4 is 29.5 Å². The van der Waals surface area contributed by atoms with E-state index in [-0.39, 0.29) is 17.8 Å². The smallest absolute Gasteiger partial charge is 0.331 e. The van der Waals surface area contributed by atoms with Gasteiger partial charge in [-0.15, -0.1) is 6.58 Å². The number of anilines is 1. The van der Waals surface area contributed by atoms with Crippen molar-refractivity contribution in [1.82, 2.24) is 10.2 Å². The average Bonchev–Trinajstić information content (AvgIpc) is 2.57. The van der Waals surface area contributed by atoms with Crippen LogP contribution in [0.1, 0.15) is 17.3 Å². The Morgan fingerprint density at radius 3 is 2.72 bits per heavy atom. The van der Waals surface area contributed by atoms with E-state index in [1.807, 2.05) is 0 Å². The predicted molar refractivity (Wildman–Crippen MR) is 87.1 cm³/mol. The van der Waals surface area contributed by atoms with Gasteiger partial charge in [-0.2, -0.15) is 0 Å². The fraction of sp³-hybridized carbons (Fsp3) is 0.176. The lowest BCUT2D eigenvalue weighted by atomic mass is 9.99. The van der Waals surface area contributed by atoms with Crippen molar-refractivity contribution in [1.29, 1.82) is 0 Å². The zero-order chi connectivity index (χ0) is 18.6. The Kier molecular flexibility index (Phi) is 5.33. The first kappa shape index (κ1) is 17.9. The van der Waals surface area contributed by atoms with Gasteiger partial charge >= 0.3 is 6.03 Å². The summed E-state index contributed by atoms with van der Waals surface area (Å²) >= 11 is 0. The normalized spacial score (nSPS) is 18.0. The molecule has 4 amide bonds. The molecule has 8 nitrogen and oxygen atoms in total. The number of benzene rings is 1. The molecule has 130 valence electrons. The van der Waals surface area contributed by atoms with Gasteiger partial charge in [-0.05, 0) is 24.6 Å². The van der Waals surface area contributed by atoms with E-state index in [1.54, 1.807) is 13.0 Å². The van der Waals surface area contributed by atoms with Crippen molar-refractivity contribution in [3.63, 3.8) is 0 Å². The number of hydrogen-bond donors (Lipinski definition) is 2. The first-order valence-electron chi connectivity index (χ1n) is 7.40. The van der Waals surface area contributed by atoms with Gasteiger partial charge < -0.3 is 15.2 Å². The second kappa shape index (κ2) is 7.43. The first-order valence-corrected chi connectivity index (χ1v) is 7.40. The van der Waals surface area contributed by atoms with Gasteiger partial charge in [-0.3, -0.25) is 19.8 Å². The summed E-state index contributed by atoms with van der Waals surface area (Å²) in [7, 11) is 0. The van der Waals surface area contributed by atoms with E-state index in [0.717, 1.165) is 4.90 Å². The summed E-state index contributed by atoms with van der Waals surface area (Å²) in [5.41, 5.74) is 0.533. The number of nitrogens with zero attached hydrogens (tertiary/aromatic N) is 1. The molecule has 1 aliphatic rings. The number of allylic oxidation sites excluding steroid dienone is 1. The van der Waals surface area contributed by atoms with E-state index in [4.69, 9.17) is 0 Å². The molecule has 1 aromatic rings. The number of urea groups is 1. The molecule has 1 atom stereocenters. The number of hydrogen-bond acceptors (Lipinski definition) is 6. The minimum atomic E-state index is -1.35. The summed E-state index contributed by atoms with van der Waals surface area (Å²) in [6.45, 7) is 5.05. The molecule has 25 heavy (non-hydrogen) atoms. The molecule has 1 aliphatic heterocycles. The summed E-state index contributed by atoms with van der Waals surface area (Å²) in [5, 5.41) is 15.9. The molecule has 2 rings (SSSR count). The lowest BCUT2D eigenvalue weighted by Crippen LogP contribution is -2.58. The third-order valence-electron chi connectivity index (χ3n) is 3.57. The average molecular weight is 342 g/mol. The highest BCUT2D eigenvalue weighted by Gasteiger charge is 2.42. The number of rotatable bonds is 6. The van der Waals surface area contributed by atoms with Crippen molar-refractivity contribution in [2.45, 2.75) is 6.92 Å². The van der Waals surface area contributed by atoms with Gasteiger partial charge in [0.05, 0.1) is 5.97 Å². The quantitative estimate of drug-likeness (QED) is 0.565. The van der Waals surface area contributed by atoms with E-state index < -0.39 is 29.7 Å². The maximum Gasteiger partial charge on any atom is 0.331 e. The maximum absolute atomic E-state index is 12.5. The minimum Gasteiger partial charge on any atom is -0.545 e. The van der Waals surface area contributed by atoms with Crippen LogP contribution in [0.15, 0.2) is 48.7 Å². The van der Waals surface area contributed by atoms with Crippen LogP contribution in [0, 0.1) is 5.92 Å². The maximum atomic E-state index is 12.5. The van der Waals surface area contributed by atoms with Crippen molar-refractivity contribution in [3.8, 4) is 0 Å². The Labute approximate surface area is 143 Å². The molecule has 1 aromatic carbocycles. The van der Waals surface area contributed by atoms with Crippen molar-refractivity contribution in [3.05, 3.63) is 54.3 Å². The number of nitrogens with one attached hydrogen (secondary N) is 2. The van der Waals surface area contributed by atoms with Crippen LogP contribution in [0.3, 0.4) is 0 Å². The van der Waals surface area contributed by atoms with E-state index in [9.17, 15) is 24.3 Å². The minimum absolute atomic E-state index is 0.0361. The summed E-state index contributed by atoms with van der Waals surface area (Å²) < 4.78 is 0. The molecule has 0 bridgehead atoms. The van der Waals surface area contributed by atoms with Gasteiger partial charge in [0.25, 0.3) is 0 Å². The highest BCUT2D eigenvalue weighted by molar-refractivity contribution is 6.18.